The second-order valence-electron chi connectivity index (χ2n) is 5.61. The number of hydrogen-bond acceptors (Lipinski definition) is 4. The van der Waals surface area contributed by atoms with Gasteiger partial charge in [-0.3, -0.25) is 9.59 Å². The average Bonchev–Trinajstić information content (AvgIpc) is 2.54. The summed E-state index contributed by atoms with van der Waals surface area (Å²) in [6.07, 6.45) is 1.14. The average molecular weight is 348 g/mol. The normalized spacial score (nSPS) is 12.0. The van der Waals surface area contributed by atoms with Gasteiger partial charge in [-0.2, -0.15) is 0 Å². The van der Waals surface area contributed by atoms with Crippen LogP contribution >= 0.6 is 11.6 Å². The minimum absolute atomic E-state index is 0.0396. The molecule has 0 aliphatic rings. The molecule has 7 heteroatoms. The Hall–Kier alpha value is -2.47. The number of carboxylic acids is 1. The van der Waals surface area contributed by atoms with Crippen molar-refractivity contribution in [3.63, 3.8) is 0 Å². The van der Waals surface area contributed by atoms with Crippen LogP contribution in [0, 0.1) is 0 Å². The molecule has 1 unspecified atom stereocenters. The van der Waals surface area contributed by atoms with Crippen LogP contribution in [0.25, 0.3) is 0 Å². The SMILES string of the molecule is CC(C)c1ncc(Cl)c(C(=O)NC(CC(=O)O)c2ccccc2)n1. The highest BCUT2D eigenvalue weighted by molar-refractivity contribution is 6.33. The van der Waals surface area contributed by atoms with E-state index in [0.29, 0.717) is 11.4 Å². The second-order valence-corrected chi connectivity index (χ2v) is 6.02. The zero-order valence-corrected chi connectivity index (χ0v) is 14.1. The van der Waals surface area contributed by atoms with Gasteiger partial charge in [-0.25, -0.2) is 9.97 Å². The number of aromatic nitrogens is 2. The minimum Gasteiger partial charge on any atom is -0.481 e. The highest BCUT2D eigenvalue weighted by Crippen LogP contribution is 2.20. The number of carbonyl (C=O) groups excluding carboxylic acids is 1. The van der Waals surface area contributed by atoms with E-state index < -0.39 is 17.9 Å². The predicted octanol–water partition coefficient (Wildman–Crippen LogP) is 3.20. The Kier molecular flexibility index (Phi) is 5.87. The van der Waals surface area contributed by atoms with Crippen molar-refractivity contribution in [3.05, 3.63) is 58.6 Å². The Balaban J connectivity index is 2.28. The van der Waals surface area contributed by atoms with Gasteiger partial charge in [0, 0.05) is 5.92 Å². The molecule has 126 valence electrons. The molecule has 0 saturated heterocycles. The molecule has 1 atom stereocenters. The Labute approximate surface area is 144 Å². The van der Waals surface area contributed by atoms with E-state index in [1.807, 2.05) is 19.9 Å². The molecule has 0 bridgehead atoms. The zero-order chi connectivity index (χ0) is 17.7. The number of aliphatic carboxylic acids is 1. The van der Waals surface area contributed by atoms with Crippen LogP contribution in [0.5, 0.6) is 0 Å². The number of benzene rings is 1. The number of carboxylic acid groups (broad SMARTS) is 1. The third kappa shape index (κ3) is 4.52. The van der Waals surface area contributed by atoms with E-state index in [1.165, 1.54) is 6.20 Å². The zero-order valence-electron chi connectivity index (χ0n) is 13.4. The first kappa shape index (κ1) is 17.9. The highest BCUT2D eigenvalue weighted by Gasteiger charge is 2.22. The van der Waals surface area contributed by atoms with E-state index in [4.69, 9.17) is 16.7 Å². The maximum absolute atomic E-state index is 12.5. The van der Waals surface area contributed by atoms with Gasteiger partial charge in [0.15, 0.2) is 0 Å². The third-order valence-corrected chi connectivity index (χ3v) is 3.66. The summed E-state index contributed by atoms with van der Waals surface area (Å²) in [7, 11) is 0. The molecule has 0 spiro atoms. The molecule has 1 heterocycles. The summed E-state index contributed by atoms with van der Waals surface area (Å²) in [5, 5.41) is 11.9. The lowest BCUT2D eigenvalue weighted by atomic mass is 10.0. The fraction of sp³-hybridized carbons (Fsp3) is 0.294. The molecule has 2 rings (SSSR count). The van der Waals surface area contributed by atoms with Crippen molar-refractivity contribution in [2.75, 3.05) is 0 Å². The topological polar surface area (TPSA) is 92.2 Å². The molecular formula is C17H18ClN3O3. The van der Waals surface area contributed by atoms with Crippen LogP contribution in [-0.4, -0.2) is 27.0 Å². The number of nitrogens with one attached hydrogen (secondary N) is 1. The van der Waals surface area contributed by atoms with Gasteiger partial charge in [-0.1, -0.05) is 55.8 Å². The summed E-state index contributed by atoms with van der Waals surface area (Å²) in [6, 6.07) is 8.23. The van der Waals surface area contributed by atoms with Gasteiger partial charge in [0.1, 0.15) is 11.5 Å². The molecule has 0 fully saturated rings. The molecule has 2 aromatic rings. The predicted molar refractivity (Wildman–Crippen MR) is 90.0 cm³/mol. The molecule has 0 saturated carbocycles. The number of hydrogen-bond donors (Lipinski definition) is 2. The van der Waals surface area contributed by atoms with Gasteiger partial charge in [-0.15, -0.1) is 0 Å². The summed E-state index contributed by atoms with van der Waals surface area (Å²) >= 11 is 6.03. The number of carbonyl (C=O) groups is 2. The monoisotopic (exact) mass is 347 g/mol. The Morgan fingerprint density at radius 1 is 1.25 bits per heavy atom. The van der Waals surface area contributed by atoms with Crippen molar-refractivity contribution in [2.45, 2.75) is 32.2 Å². The molecule has 1 aromatic heterocycles. The van der Waals surface area contributed by atoms with Gasteiger partial charge in [0.2, 0.25) is 0 Å². The van der Waals surface area contributed by atoms with Crippen LogP contribution in [0.4, 0.5) is 0 Å². The maximum atomic E-state index is 12.5. The van der Waals surface area contributed by atoms with Crippen LogP contribution in [0.3, 0.4) is 0 Å². The van der Waals surface area contributed by atoms with Gasteiger partial charge < -0.3 is 10.4 Å². The lowest BCUT2D eigenvalue weighted by Crippen LogP contribution is -2.31. The second kappa shape index (κ2) is 7.88. The Morgan fingerprint density at radius 3 is 2.50 bits per heavy atom. The highest BCUT2D eigenvalue weighted by atomic mass is 35.5. The van der Waals surface area contributed by atoms with E-state index in [-0.39, 0.29) is 23.1 Å². The van der Waals surface area contributed by atoms with Crippen molar-refractivity contribution >= 4 is 23.5 Å². The summed E-state index contributed by atoms with van der Waals surface area (Å²) in [4.78, 5) is 31.9. The summed E-state index contributed by atoms with van der Waals surface area (Å²) in [6.45, 7) is 3.81. The van der Waals surface area contributed by atoms with E-state index in [2.05, 4.69) is 15.3 Å². The first-order chi connectivity index (χ1) is 11.4. The van der Waals surface area contributed by atoms with E-state index in [0.717, 1.165) is 0 Å². The molecule has 0 aliphatic heterocycles. The Bertz CT molecular complexity index is 735. The van der Waals surface area contributed by atoms with Gasteiger partial charge in [0.05, 0.1) is 23.7 Å². The van der Waals surface area contributed by atoms with E-state index in [1.54, 1.807) is 24.3 Å². The standard InChI is InChI=1S/C17H18ClN3O3/c1-10(2)16-19-9-12(18)15(21-16)17(24)20-13(8-14(22)23)11-6-4-3-5-7-11/h3-7,9-10,13H,8H2,1-2H3,(H,20,24)(H,22,23). The molecule has 24 heavy (non-hydrogen) atoms. The first-order valence-corrected chi connectivity index (χ1v) is 7.86. The van der Waals surface area contributed by atoms with Crippen LogP contribution in [0.2, 0.25) is 5.02 Å². The molecule has 1 aromatic carbocycles. The number of rotatable bonds is 6. The van der Waals surface area contributed by atoms with Crippen molar-refractivity contribution in [1.29, 1.82) is 0 Å². The Morgan fingerprint density at radius 2 is 1.92 bits per heavy atom. The lowest BCUT2D eigenvalue weighted by Gasteiger charge is -2.18. The molecule has 0 radical (unpaired) electrons. The van der Waals surface area contributed by atoms with Gasteiger partial charge in [-0.05, 0) is 5.56 Å². The molecule has 1 amide bonds. The summed E-state index contributed by atoms with van der Waals surface area (Å²) in [5.41, 5.74) is 0.740. The summed E-state index contributed by atoms with van der Waals surface area (Å²) in [5.74, 6) is -1.00. The van der Waals surface area contributed by atoms with Crippen molar-refractivity contribution in [3.8, 4) is 0 Å². The largest absolute Gasteiger partial charge is 0.481 e. The molecule has 0 aliphatic carbocycles. The number of halogens is 1. The van der Waals surface area contributed by atoms with Gasteiger partial charge in [0.25, 0.3) is 5.91 Å². The summed E-state index contributed by atoms with van der Waals surface area (Å²) < 4.78 is 0. The van der Waals surface area contributed by atoms with Crippen molar-refractivity contribution in [2.24, 2.45) is 0 Å². The van der Waals surface area contributed by atoms with Crippen LogP contribution < -0.4 is 5.32 Å². The van der Waals surface area contributed by atoms with Crippen LogP contribution in [0.1, 0.15) is 54.1 Å². The number of nitrogens with zero attached hydrogens (tertiary/aromatic N) is 2. The van der Waals surface area contributed by atoms with Crippen molar-refractivity contribution < 1.29 is 14.7 Å². The van der Waals surface area contributed by atoms with Crippen LogP contribution in [0.15, 0.2) is 36.5 Å². The maximum Gasteiger partial charge on any atom is 0.305 e. The fourth-order valence-corrected chi connectivity index (χ4v) is 2.33. The van der Waals surface area contributed by atoms with Gasteiger partial charge >= 0.3 is 5.97 Å². The minimum atomic E-state index is -1.01. The molecular weight excluding hydrogens is 330 g/mol. The van der Waals surface area contributed by atoms with Crippen LogP contribution in [-0.2, 0) is 4.79 Å². The third-order valence-electron chi connectivity index (χ3n) is 3.38. The van der Waals surface area contributed by atoms with Crippen molar-refractivity contribution in [1.82, 2.24) is 15.3 Å². The number of amides is 1. The smallest absolute Gasteiger partial charge is 0.305 e. The molecule has 6 nitrogen and oxygen atoms in total. The fourth-order valence-electron chi connectivity index (χ4n) is 2.16. The van der Waals surface area contributed by atoms with E-state index in [9.17, 15) is 9.59 Å². The quantitative estimate of drug-likeness (QED) is 0.837. The molecule has 2 N–H and O–H groups in total. The van der Waals surface area contributed by atoms with E-state index >= 15 is 0 Å². The first-order valence-electron chi connectivity index (χ1n) is 7.48. The lowest BCUT2D eigenvalue weighted by molar-refractivity contribution is -0.137.